The molecule has 0 radical (unpaired) electrons. The van der Waals surface area contributed by atoms with Gasteiger partial charge in [0, 0.05) is 11.4 Å². The van der Waals surface area contributed by atoms with E-state index in [9.17, 15) is 4.79 Å². The molecule has 2 aromatic carbocycles. The number of ether oxygens (including phenoxy) is 1. The number of anilines is 4. The zero-order valence-corrected chi connectivity index (χ0v) is 14.4. The van der Waals surface area contributed by atoms with Gasteiger partial charge >= 0.3 is 6.03 Å². The van der Waals surface area contributed by atoms with Crippen LogP contribution in [0.15, 0.2) is 72.9 Å². The number of urea groups is 1. The van der Waals surface area contributed by atoms with Crippen LogP contribution in [-0.4, -0.2) is 17.6 Å². The second kappa shape index (κ2) is 8.53. The minimum atomic E-state index is -0.337. The molecule has 3 rings (SSSR count). The second-order valence-corrected chi connectivity index (χ2v) is 5.46. The van der Waals surface area contributed by atoms with Gasteiger partial charge < -0.3 is 15.4 Å². The maximum Gasteiger partial charge on any atom is 0.324 e. The lowest BCUT2D eigenvalue weighted by molar-refractivity contribution is 0.262. The Morgan fingerprint density at radius 2 is 1.62 bits per heavy atom. The van der Waals surface area contributed by atoms with Crippen molar-refractivity contribution in [2.75, 3.05) is 22.6 Å². The molecule has 132 valence electrons. The molecule has 0 aliphatic rings. The number of amides is 2. The lowest BCUT2D eigenvalue weighted by Gasteiger charge is -2.09. The normalized spacial score (nSPS) is 10.0. The predicted octanol–water partition coefficient (Wildman–Crippen LogP) is 4.87. The summed E-state index contributed by atoms with van der Waals surface area (Å²) in [4.78, 5) is 16.2. The van der Waals surface area contributed by atoms with Crippen LogP contribution < -0.4 is 20.7 Å². The van der Waals surface area contributed by atoms with Crippen molar-refractivity contribution < 1.29 is 9.53 Å². The number of benzene rings is 2. The molecule has 1 aromatic heterocycles. The number of hydrogen-bond acceptors (Lipinski definition) is 4. The standard InChI is InChI=1S/C20H20N4O2/c1-2-26-18-11-8-16(9-12-18)22-17-10-13-19(21-14-17)24-20(25)23-15-6-4-3-5-7-15/h3-14,22H,2H2,1H3,(H2,21,23,24,25). The molecule has 1 heterocycles. The average molecular weight is 348 g/mol. The molecule has 0 aliphatic carbocycles. The first kappa shape index (κ1) is 17.3. The fraction of sp³-hybridized carbons (Fsp3) is 0.100. The number of aromatic nitrogens is 1. The van der Waals surface area contributed by atoms with Crippen LogP contribution in [0.4, 0.5) is 27.7 Å². The Labute approximate surface area is 152 Å². The Kier molecular flexibility index (Phi) is 5.67. The molecule has 6 nitrogen and oxygen atoms in total. The number of pyridine rings is 1. The van der Waals surface area contributed by atoms with Crippen LogP contribution in [0.1, 0.15) is 6.92 Å². The van der Waals surface area contributed by atoms with Crippen molar-refractivity contribution >= 4 is 28.9 Å². The SMILES string of the molecule is CCOc1ccc(Nc2ccc(NC(=O)Nc3ccccc3)nc2)cc1. The summed E-state index contributed by atoms with van der Waals surface area (Å²) < 4.78 is 5.42. The third-order valence-electron chi connectivity index (χ3n) is 3.49. The quantitative estimate of drug-likeness (QED) is 0.594. The zero-order valence-electron chi connectivity index (χ0n) is 14.4. The molecule has 0 saturated carbocycles. The molecular weight excluding hydrogens is 328 g/mol. The van der Waals surface area contributed by atoms with Crippen LogP contribution in [0.25, 0.3) is 0 Å². The summed E-state index contributed by atoms with van der Waals surface area (Å²) >= 11 is 0. The number of rotatable bonds is 6. The van der Waals surface area contributed by atoms with Gasteiger partial charge in [-0.2, -0.15) is 0 Å². The number of nitrogens with zero attached hydrogens (tertiary/aromatic N) is 1. The van der Waals surface area contributed by atoms with Gasteiger partial charge in [-0.05, 0) is 55.5 Å². The second-order valence-electron chi connectivity index (χ2n) is 5.46. The van der Waals surface area contributed by atoms with E-state index in [1.54, 1.807) is 12.3 Å². The van der Waals surface area contributed by atoms with Gasteiger partial charge in [0.25, 0.3) is 0 Å². The molecule has 3 N–H and O–H groups in total. The maximum atomic E-state index is 12.0. The van der Waals surface area contributed by atoms with Crippen molar-refractivity contribution in [1.82, 2.24) is 4.98 Å². The molecule has 6 heteroatoms. The van der Waals surface area contributed by atoms with Crippen molar-refractivity contribution in [2.24, 2.45) is 0 Å². The molecule has 0 bridgehead atoms. The van der Waals surface area contributed by atoms with E-state index in [4.69, 9.17) is 4.74 Å². The zero-order chi connectivity index (χ0) is 18.2. The highest BCUT2D eigenvalue weighted by molar-refractivity contribution is 5.99. The van der Waals surface area contributed by atoms with E-state index in [0.717, 1.165) is 22.8 Å². The van der Waals surface area contributed by atoms with Crippen molar-refractivity contribution in [3.8, 4) is 5.75 Å². The van der Waals surface area contributed by atoms with Crippen LogP contribution in [-0.2, 0) is 0 Å². The van der Waals surface area contributed by atoms with Crippen molar-refractivity contribution in [3.05, 3.63) is 72.9 Å². The van der Waals surface area contributed by atoms with E-state index in [-0.39, 0.29) is 6.03 Å². The van der Waals surface area contributed by atoms with E-state index in [0.29, 0.717) is 12.4 Å². The molecule has 0 fully saturated rings. The van der Waals surface area contributed by atoms with Gasteiger partial charge in [-0.15, -0.1) is 0 Å². The van der Waals surface area contributed by atoms with E-state index in [2.05, 4.69) is 20.9 Å². The third-order valence-corrected chi connectivity index (χ3v) is 3.49. The molecule has 2 amide bonds. The van der Waals surface area contributed by atoms with Crippen LogP contribution in [0, 0.1) is 0 Å². The minimum absolute atomic E-state index is 0.337. The Morgan fingerprint density at radius 1 is 0.885 bits per heavy atom. The Balaban J connectivity index is 1.55. The van der Waals surface area contributed by atoms with Gasteiger partial charge in [-0.3, -0.25) is 5.32 Å². The topological polar surface area (TPSA) is 75.3 Å². The molecule has 26 heavy (non-hydrogen) atoms. The largest absolute Gasteiger partial charge is 0.494 e. The monoisotopic (exact) mass is 348 g/mol. The maximum absolute atomic E-state index is 12.0. The molecule has 0 atom stereocenters. The fourth-order valence-electron chi connectivity index (χ4n) is 2.31. The Morgan fingerprint density at radius 3 is 2.27 bits per heavy atom. The summed E-state index contributed by atoms with van der Waals surface area (Å²) in [6.07, 6.45) is 1.66. The number of carbonyl (C=O) groups is 1. The van der Waals surface area contributed by atoms with Gasteiger partial charge in [0.05, 0.1) is 18.5 Å². The number of para-hydroxylation sites is 1. The summed E-state index contributed by atoms with van der Waals surface area (Å²) in [6, 6.07) is 20.2. The van der Waals surface area contributed by atoms with E-state index in [1.165, 1.54) is 0 Å². The van der Waals surface area contributed by atoms with Crippen molar-refractivity contribution in [2.45, 2.75) is 6.92 Å². The van der Waals surface area contributed by atoms with Crippen LogP contribution in [0.2, 0.25) is 0 Å². The molecule has 3 aromatic rings. The highest BCUT2D eigenvalue weighted by Crippen LogP contribution is 2.20. The van der Waals surface area contributed by atoms with E-state index in [1.807, 2.05) is 67.6 Å². The highest BCUT2D eigenvalue weighted by atomic mass is 16.5. The van der Waals surface area contributed by atoms with Crippen LogP contribution in [0.3, 0.4) is 0 Å². The molecule has 0 spiro atoms. The summed E-state index contributed by atoms with van der Waals surface area (Å²) in [6.45, 7) is 2.59. The van der Waals surface area contributed by atoms with Gasteiger partial charge in [0.2, 0.25) is 0 Å². The van der Waals surface area contributed by atoms with Gasteiger partial charge in [0.15, 0.2) is 0 Å². The van der Waals surface area contributed by atoms with Gasteiger partial charge in [-0.1, -0.05) is 18.2 Å². The lowest BCUT2D eigenvalue weighted by Crippen LogP contribution is -2.19. The molecule has 0 unspecified atom stereocenters. The summed E-state index contributed by atoms with van der Waals surface area (Å²) in [5.41, 5.74) is 2.47. The Bertz CT molecular complexity index is 834. The summed E-state index contributed by atoms with van der Waals surface area (Å²) in [5.74, 6) is 1.30. The number of hydrogen-bond donors (Lipinski definition) is 3. The van der Waals surface area contributed by atoms with Gasteiger partial charge in [-0.25, -0.2) is 9.78 Å². The van der Waals surface area contributed by atoms with Crippen LogP contribution >= 0.6 is 0 Å². The van der Waals surface area contributed by atoms with Gasteiger partial charge in [0.1, 0.15) is 11.6 Å². The smallest absolute Gasteiger partial charge is 0.324 e. The third kappa shape index (κ3) is 4.98. The first-order chi connectivity index (χ1) is 12.7. The van der Waals surface area contributed by atoms with Crippen LogP contribution in [0.5, 0.6) is 5.75 Å². The van der Waals surface area contributed by atoms with Crippen molar-refractivity contribution in [3.63, 3.8) is 0 Å². The lowest BCUT2D eigenvalue weighted by atomic mass is 10.3. The summed E-state index contributed by atoms with van der Waals surface area (Å²) in [7, 11) is 0. The highest BCUT2D eigenvalue weighted by Gasteiger charge is 2.04. The first-order valence-electron chi connectivity index (χ1n) is 8.32. The molecule has 0 saturated heterocycles. The average Bonchev–Trinajstić information content (AvgIpc) is 2.66. The molecule has 0 aliphatic heterocycles. The van der Waals surface area contributed by atoms with Crippen molar-refractivity contribution in [1.29, 1.82) is 0 Å². The molecular formula is C20H20N4O2. The predicted molar refractivity (Wildman–Crippen MR) is 104 cm³/mol. The first-order valence-corrected chi connectivity index (χ1v) is 8.32. The minimum Gasteiger partial charge on any atom is -0.494 e. The Hall–Kier alpha value is -3.54. The summed E-state index contributed by atoms with van der Waals surface area (Å²) in [5, 5.41) is 8.69. The fourth-order valence-corrected chi connectivity index (χ4v) is 2.31. The van der Waals surface area contributed by atoms with E-state index >= 15 is 0 Å². The number of nitrogens with one attached hydrogen (secondary N) is 3. The number of carbonyl (C=O) groups excluding carboxylic acids is 1. The van der Waals surface area contributed by atoms with E-state index < -0.39 is 0 Å².